The van der Waals surface area contributed by atoms with E-state index in [0.29, 0.717) is 26.2 Å². The first-order chi connectivity index (χ1) is 11.5. The predicted molar refractivity (Wildman–Crippen MR) is 98.2 cm³/mol. The maximum absolute atomic E-state index is 12.4. The number of nitrogens with one attached hydrogen (secondary N) is 1. The van der Waals surface area contributed by atoms with Crippen LogP contribution in [-0.4, -0.2) is 42.2 Å². The number of anilines is 1. The number of aromatic hydroxyl groups is 1. The molecule has 24 heavy (non-hydrogen) atoms. The van der Waals surface area contributed by atoms with Gasteiger partial charge in [0.2, 0.25) is 0 Å². The third kappa shape index (κ3) is 3.76. The van der Waals surface area contributed by atoms with Crippen LogP contribution in [0.5, 0.6) is 5.75 Å². The minimum atomic E-state index is -0.0658. The average molecular weight is 366 g/mol. The Morgan fingerprint density at radius 1 is 1.21 bits per heavy atom. The number of thiophene rings is 1. The summed E-state index contributed by atoms with van der Waals surface area (Å²) >= 11 is 7.43. The van der Waals surface area contributed by atoms with Gasteiger partial charge in [-0.15, -0.1) is 11.3 Å². The average Bonchev–Trinajstić information content (AvgIpc) is 3.02. The van der Waals surface area contributed by atoms with Crippen molar-refractivity contribution in [3.63, 3.8) is 0 Å². The molecule has 1 aromatic carbocycles. The van der Waals surface area contributed by atoms with Crippen LogP contribution < -0.4 is 10.2 Å². The van der Waals surface area contributed by atoms with Crippen molar-refractivity contribution >= 4 is 34.7 Å². The quantitative estimate of drug-likeness (QED) is 0.872. The molecule has 2 heterocycles. The fourth-order valence-electron chi connectivity index (χ4n) is 2.79. The largest absolute Gasteiger partial charge is 0.506 e. The number of amides is 2. The van der Waals surface area contributed by atoms with Gasteiger partial charge in [0, 0.05) is 31.1 Å². The molecule has 2 N–H and O–H groups in total. The number of hydrogen-bond acceptors (Lipinski definition) is 4. The number of halogens is 1. The topological polar surface area (TPSA) is 55.8 Å². The maximum Gasteiger partial charge on any atom is 0.318 e. The number of phenols is 1. The lowest BCUT2D eigenvalue weighted by molar-refractivity contribution is 0.191. The smallest absolute Gasteiger partial charge is 0.318 e. The first-order valence-corrected chi connectivity index (χ1v) is 9.07. The minimum absolute atomic E-state index is 0.0637. The van der Waals surface area contributed by atoms with E-state index in [4.69, 9.17) is 11.6 Å². The van der Waals surface area contributed by atoms with Crippen molar-refractivity contribution in [1.82, 2.24) is 10.2 Å². The van der Waals surface area contributed by atoms with Gasteiger partial charge in [0.05, 0.1) is 16.1 Å². The molecule has 1 unspecified atom stereocenters. The van der Waals surface area contributed by atoms with Crippen molar-refractivity contribution in [2.45, 2.75) is 13.0 Å². The summed E-state index contributed by atoms with van der Waals surface area (Å²) in [6.07, 6.45) is 0. The highest BCUT2D eigenvalue weighted by molar-refractivity contribution is 7.16. The Labute approximate surface area is 150 Å². The van der Waals surface area contributed by atoms with Crippen LogP contribution in [0.2, 0.25) is 4.34 Å². The molecule has 2 amide bonds. The van der Waals surface area contributed by atoms with Crippen LogP contribution in [0.4, 0.5) is 10.5 Å². The van der Waals surface area contributed by atoms with Gasteiger partial charge in [0.1, 0.15) is 5.75 Å². The molecule has 0 radical (unpaired) electrons. The van der Waals surface area contributed by atoms with E-state index in [1.165, 1.54) is 11.3 Å². The van der Waals surface area contributed by atoms with Gasteiger partial charge in [0.15, 0.2) is 0 Å². The van der Waals surface area contributed by atoms with Crippen LogP contribution in [0.15, 0.2) is 36.4 Å². The molecule has 0 aliphatic carbocycles. The number of hydrogen-bond donors (Lipinski definition) is 2. The fraction of sp³-hybridized carbons (Fsp3) is 0.353. The molecule has 0 spiro atoms. The third-order valence-corrected chi connectivity index (χ3v) is 5.56. The Balaban J connectivity index is 1.54. The molecule has 1 fully saturated rings. The van der Waals surface area contributed by atoms with E-state index in [-0.39, 0.29) is 17.8 Å². The van der Waals surface area contributed by atoms with Gasteiger partial charge in [-0.25, -0.2) is 4.79 Å². The number of phenolic OH excluding ortho intramolecular Hbond substituents is 1. The summed E-state index contributed by atoms with van der Waals surface area (Å²) in [5, 5.41) is 13.0. The monoisotopic (exact) mass is 365 g/mol. The van der Waals surface area contributed by atoms with Crippen molar-refractivity contribution in [2.24, 2.45) is 0 Å². The lowest BCUT2D eigenvalue weighted by Crippen LogP contribution is -2.52. The second-order valence-corrected chi connectivity index (χ2v) is 7.52. The number of para-hydroxylation sites is 2. The van der Waals surface area contributed by atoms with E-state index < -0.39 is 0 Å². The zero-order chi connectivity index (χ0) is 17.1. The zero-order valence-electron chi connectivity index (χ0n) is 13.4. The lowest BCUT2D eigenvalue weighted by Gasteiger charge is -2.36. The van der Waals surface area contributed by atoms with Gasteiger partial charge in [-0.2, -0.15) is 0 Å². The van der Waals surface area contributed by atoms with Crippen LogP contribution in [0, 0.1) is 0 Å². The number of piperazine rings is 1. The molecule has 5 nitrogen and oxygen atoms in total. The van der Waals surface area contributed by atoms with E-state index in [1.54, 1.807) is 12.1 Å². The van der Waals surface area contributed by atoms with E-state index in [1.807, 2.05) is 36.1 Å². The number of carbonyl (C=O) groups excluding carboxylic acids is 1. The summed E-state index contributed by atoms with van der Waals surface area (Å²) in [4.78, 5) is 17.4. The fourth-order valence-corrected chi connectivity index (χ4v) is 3.85. The Bertz CT molecular complexity index is 713. The molecule has 1 saturated heterocycles. The van der Waals surface area contributed by atoms with E-state index in [9.17, 15) is 9.90 Å². The molecule has 0 bridgehead atoms. The van der Waals surface area contributed by atoms with Crippen LogP contribution in [0.1, 0.15) is 17.8 Å². The highest BCUT2D eigenvalue weighted by atomic mass is 35.5. The second-order valence-electron chi connectivity index (χ2n) is 5.78. The van der Waals surface area contributed by atoms with Gasteiger partial charge in [-0.1, -0.05) is 23.7 Å². The van der Waals surface area contributed by atoms with Crippen LogP contribution >= 0.6 is 22.9 Å². The number of benzene rings is 1. The first-order valence-electron chi connectivity index (χ1n) is 7.88. The summed E-state index contributed by atoms with van der Waals surface area (Å²) in [6, 6.07) is 10.9. The predicted octanol–water partition coefficient (Wildman–Crippen LogP) is 3.70. The number of carbonyl (C=O) groups is 1. The van der Waals surface area contributed by atoms with E-state index in [0.717, 1.165) is 14.9 Å². The highest BCUT2D eigenvalue weighted by Gasteiger charge is 2.23. The lowest BCUT2D eigenvalue weighted by atomic mass is 10.2. The van der Waals surface area contributed by atoms with Crippen LogP contribution in [-0.2, 0) is 0 Å². The van der Waals surface area contributed by atoms with Gasteiger partial charge in [0.25, 0.3) is 0 Å². The summed E-state index contributed by atoms with van der Waals surface area (Å²) in [5.41, 5.74) is 0.819. The Morgan fingerprint density at radius 2 is 1.92 bits per heavy atom. The number of nitrogens with zero attached hydrogens (tertiary/aromatic N) is 2. The van der Waals surface area contributed by atoms with Crippen molar-refractivity contribution in [3.8, 4) is 5.75 Å². The molecule has 128 valence electrons. The third-order valence-electron chi connectivity index (χ3n) is 4.15. The Hall–Kier alpha value is -1.92. The van der Waals surface area contributed by atoms with Gasteiger partial charge in [-0.3, -0.25) is 0 Å². The van der Waals surface area contributed by atoms with Crippen molar-refractivity contribution in [1.29, 1.82) is 0 Å². The van der Waals surface area contributed by atoms with E-state index >= 15 is 0 Å². The molecular formula is C17H20ClN3O2S. The van der Waals surface area contributed by atoms with Crippen molar-refractivity contribution in [3.05, 3.63) is 45.6 Å². The zero-order valence-corrected chi connectivity index (χ0v) is 15.0. The van der Waals surface area contributed by atoms with Crippen LogP contribution in [0.25, 0.3) is 0 Å². The van der Waals surface area contributed by atoms with Crippen LogP contribution in [0.3, 0.4) is 0 Å². The molecule has 1 aliphatic rings. The molecule has 7 heteroatoms. The molecule has 1 atom stereocenters. The van der Waals surface area contributed by atoms with Gasteiger partial charge >= 0.3 is 6.03 Å². The maximum atomic E-state index is 12.4. The van der Waals surface area contributed by atoms with Crippen molar-refractivity contribution in [2.75, 3.05) is 31.1 Å². The number of rotatable bonds is 3. The molecule has 3 rings (SSSR count). The molecular weight excluding hydrogens is 346 g/mol. The van der Waals surface area contributed by atoms with E-state index in [2.05, 4.69) is 10.2 Å². The molecule has 2 aromatic rings. The molecule has 1 aliphatic heterocycles. The normalized spacial score (nSPS) is 16.1. The highest BCUT2D eigenvalue weighted by Crippen LogP contribution is 2.28. The van der Waals surface area contributed by atoms with Gasteiger partial charge in [-0.05, 0) is 31.2 Å². The summed E-state index contributed by atoms with van der Waals surface area (Å²) in [6.45, 7) is 4.60. The number of urea groups is 1. The molecule has 1 aromatic heterocycles. The standard InChI is InChI=1S/C17H20ClN3O2S/c1-12(15-6-7-16(18)24-15)19-17(23)21-10-8-20(9-11-21)13-4-2-3-5-14(13)22/h2-7,12,22H,8-11H2,1H3,(H,19,23). The SMILES string of the molecule is CC(NC(=O)N1CCN(c2ccccc2O)CC1)c1ccc(Cl)s1. The summed E-state index contributed by atoms with van der Waals surface area (Å²) in [7, 11) is 0. The van der Waals surface area contributed by atoms with Crippen molar-refractivity contribution < 1.29 is 9.90 Å². The Kier molecular flexibility index (Phi) is 5.16. The molecule has 0 saturated carbocycles. The second kappa shape index (κ2) is 7.32. The first kappa shape index (κ1) is 16.9. The summed E-state index contributed by atoms with van der Waals surface area (Å²) in [5.74, 6) is 0.276. The summed E-state index contributed by atoms with van der Waals surface area (Å²) < 4.78 is 0.724. The minimum Gasteiger partial charge on any atom is -0.506 e. The van der Waals surface area contributed by atoms with Gasteiger partial charge < -0.3 is 20.2 Å². The Morgan fingerprint density at radius 3 is 2.54 bits per heavy atom.